The van der Waals surface area contributed by atoms with Gasteiger partial charge in [-0.2, -0.15) is 0 Å². The van der Waals surface area contributed by atoms with E-state index in [0.29, 0.717) is 18.8 Å². The molecule has 1 aliphatic heterocycles. The van der Waals surface area contributed by atoms with E-state index in [2.05, 4.69) is 4.74 Å². The van der Waals surface area contributed by atoms with Crippen molar-refractivity contribution in [3.05, 3.63) is 35.4 Å². The molecule has 1 aromatic carbocycles. The van der Waals surface area contributed by atoms with E-state index in [-0.39, 0.29) is 24.5 Å². The quantitative estimate of drug-likeness (QED) is 0.575. The van der Waals surface area contributed by atoms with Gasteiger partial charge in [0.15, 0.2) is 0 Å². The van der Waals surface area contributed by atoms with Crippen LogP contribution in [0.3, 0.4) is 0 Å². The van der Waals surface area contributed by atoms with Crippen molar-refractivity contribution in [2.75, 3.05) is 20.3 Å². The van der Waals surface area contributed by atoms with Gasteiger partial charge in [-0.25, -0.2) is 4.79 Å². The molecule has 2 rings (SSSR count). The van der Waals surface area contributed by atoms with E-state index in [1.807, 2.05) is 0 Å². The fourth-order valence-corrected chi connectivity index (χ4v) is 1.41. The Labute approximate surface area is 105 Å². The number of ether oxygens (including phenoxy) is 3. The highest BCUT2D eigenvalue weighted by Crippen LogP contribution is 2.11. The third-order valence-electron chi connectivity index (χ3n) is 2.57. The summed E-state index contributed by atoms with van der Waals surface area (Å²) in [6.45, 7) is 0.952. The minimum Gasteiger partial charge on any atom is -0.469 e. The first-order valence-corrected chi connectivity index (χ1v) is 5.63. The van der Waals surface area contributed by atoms with Crippen molar-refractivity contribution in [3.8, 4) is 0 Å². The molecule has 1 heterocycles. The van der Waals surface area contributed by atoms with Gasteiger partial charge in [0.1, 0.15) is 12.7 Å². The summed E-state index contributed by atoms with van der Waals surface area (Å²) >= 11 is 0. The van der Waals surface area contributed by atoms with E-state index in [4.69, 9.17) is 9.47 Å². The van der Waals surface area contributed by atoms with Crippen molar-refractivity contribution < 1.29 is 23.8 Å². The number of epoxide rings is 1. The van der Waals surface area contributed by atoms with Crippen LogP contribution in [0, 0.1) is 0 Å². The van der Waals surface area contributed by atoms with Crippen LogP contribution < -0.4 is 0 Å². The van der Waals surface area contributed by atoms with Gasteiger partial charge in [0.25, 0.3) is 0 Å². The predicted molar refractivity (Wildman–Crippen MR) is 62.2 cm³/mol. The zero-order valence-electron chi connectivity index (χ0n) is 10.0. The highest BCUT2D eigenvalue weighted by atomic mass is 16.6. The standard InChI is InChI=1S/C13H14O5/c1-16-12(14)6-9-2-4-10(5-3-9)13(15)18-8-11-7-17-11/h2-5,11H,6-8H2,1H3. The second kappa shape index (κ2) is 5.64. The summed E-state index contributed by atoms with van der Waals surface area (Å²) in [7, 11) is 1.34. The monoisotopic (exact) mass is 250 g/mol. The van der Waals surface area contributed by atoms with Crippen LogP contribution in [-0.4, -0.2) is 38.4 Å². The van der Waals surface area contributed by atoms with Gasteiger partial charge in [-0.15, -0.1) is 0 Å². The first kappa shape index (κ1) is 12.6. The molecule has 0 radical (unpaired) electrons. The molecule has 1 fully saturated rings. The third-order valence-corrected chi connectivity index (χ3v) is 2.57. The Morgan fingerprint density at radius 1 is 1.33 bits per heavy atom. The molecule has 1 aromatic rings. The molecule has 0 aromatic heterocycles. The third kappa shape index (κ3) is 3.56. The first-order chi connectivity index (χ1) is 8.69. The summed E-state index contributed by atoms with van der Waals surface area (Å²) in [5.74, 6) is -0.689. The molecular weight excluding hydrogens is 236 g/mol. The van der Waals surface area contributed by atoms with E-state index >= 15 is 0 Å². The largest absolute Gasteiger partial charge is 0.469 e. The Bertz CT molecular complexity index is 433. The summed E-state index contributed by atoms with van der Waals surface area (Å²) in [6, 6.07) is 6.69. The maximum Gasteiger partial charge on any atom is 0.338 e. The number of hydrogen-bond acceptors (Lipinski definition) is 5. The Hall–Kier alpha value is -1.88. The Balaban J connectivity index is 1.89. The second-order valence-electron chi connectivity index (χ2n) is 4.00. The van der Waals surface area contributed by atoms with Gasteiger partial charge in [0, 0.05) is 0 Å². The zero-order chi connectivity index (χ0) is 13.0. The van der Waals surface area contributed by atoms with Crippen molar-refractivity contribution in [1.82, 2.24) is 0 Å². The van der Waals surface area contributed by atoms with Crippen LogP contribution in [0.4, 0.5) is 0 Å². The lowest BCUT2D eigenvalue weighted by molar-refractivity contribution is -0.139. The number of methoxy groups -OCH3 is 1. The number of rotatable bonds is 5. The molecule has 5 nitrogen and oxygen atoms in total. The molecule has 0 bridgehead atoms. The van der Waals surface area contributed by atoms with Crippen LogP contribution in [0.5, 0.6) is 0 Å². The number of carbonyl (C=O) groups excluding carboxylic acids is 2. The molecule has 0 saturated carbocycles. The molecule has 1 atom stereocenters. The van der Waals surface area contributed by atoms with Crippen molar-refractivity contribution >= 4 is 11.9 Å². The van der Waals surface area contributed by atoms with Crippen LogP contribution >= 0.6 is 0 Å². The topological polar surface area (TPSA) is 65.1 Å². The minimum atomic E-state index is -0.380. The molecule has 96 valence electrons. The van der Waals surface area contributed by atoms with Crippen molar-refractivity contribution in [2.24, 2.45) is 0 Å². The number of esters is 2. The van der Waals surface area contributed by atoms with Gasteiger partial charge < -0.3 is 14.2 Å². The van der Waals surface area contributed by atoms with E-state index in [1.54, 1.807) is 24.3 Å². The van der Waals surface area contributed by atoms with Gasteiger partial charge in [-0.05, 0) is 17.7 Å². The van der Waals surface area contributed by atoms with E-state index in [1.165, 1.54) is 7.11 Å². The lowest BCUT2D eigenvalue weighted by Crippen LogP contribution is -2.10. The van der Waals surface area contributed by atoms with Crippen molar-refractivity contribution in [1.29, 1.82) is 0 Å². The maximum atomic E-state index is 11.6. The zero-order valence-corrected chi connectivity index (χ0v) is 10.0. The Morgan fingerprint density at radius 2 is 2.00 bits per heavy atom. The summed E-state index contributed by atoms with van der Waals surface area (Å²) < 4.78 is 14.5. The number of carbonyl (C=O) groups is 2. The fourth-order valence-electron chi connectivity index (χ4n) is 1.41. The van der Waals surface area contributed by atoms with Gasteiger partial charge in [-0.3, -0.25) is 4.79 Å². The molecule has 0 spiro atoms. The lowest BCUT2D eigenvalue weighted by Gasteiger charge is -2.04. The molecule has 5 heteroatoms. The summed E-state index contributed by atoms with van der Waals surface area (Å²) in [6.07, 6.45) is 0.259. The van der Waals surface area contributed by atoms with E-state index < -0.39 is 0 Å². The molecular formula is C13H14O5. The van der Waals surface area contributed by atoms with Crippen LogP contribution in [-0.2, 0) is 25.4 Å². The average molecular weight is 250 g/mol. The van der Waals surface area contributed by atoms with Crippen LogP contribution in [0.2, 0.25) is 0 Å². The molecule has 0 N–H and O–H groups in total. The highest BCUT2D eigenvalue weighted by Gasteiger charge is 2.24. The Kier molecular flexibility index (Phi) is 3.94. The number of benzene rings is 1. The smallest absolute Gasteiger partial charge is 0.338 e. The Morgan fingerprint density at radius 3 is 2.56 bits per heavy atom. The summed E-state index contributed by atoms with van der Waals surface area (Å²) in [4.78, 5) is 22.7. The van der Waals surface area contributed by atoms with Crippen molar-refractivity contribution in [3.63, 3.8) is 0 Å². The van der Waals surface area contributed by atoms with Crippen LogP contribution in [0.15, 0.2) is 24.3 Å². The van der Waals surface area contributed by atoms with Gasteiger partial charge in [0.05, 0.1) is 25.7 Å². The van der Waals surface area contributed by atoms with E-state index in [9.17, 15) is 9.59 Å². The molecule has 1 unspecified atom stereocenters. The molecule has 18 heavy (non-hydrogen) atoms. The van der Waals surface area contributed by atoms with Crippen LogP contribution in [0.25, 0.3) is 0 Å². The van der Waals surface area contributed by atoms with Gasteiger partial charge in [-0.1, -0.05) is 12.1 Å². The predicted octanol–water partition coefficient (Wildman–Crippen LogP) is 0.958. The maximum absolute atomic E-state index is 11.6. The van der Waals surface area contributed by atoms with Crippen molar-refractivity contribution in [2.45, 2.75) is 12.5 Å². The van der Waals surface area contributed by atoms with E-state index in [0.717, 1.165) is 5.56 Å². The fraction of sp³-hybridized carbons (Fsp3) is 0.385. The SMILES string of the molecule is COC(=O)Cc1ccc(C(=O)OCC2CO2)cc1. The second-order valence-corrected chi connectivity index (χ2v) is 4.00. The summed E-state index contributed by atoms with van der Waals surface area (Å²) in [5, 5.41) is 0. The van der Waals surface area contributed by atoms with Gasteiger partial charge in [0.2, 0.25) is 0 Å². The average Bonchev–Trinajstić information content (AvgIpc) is 3.20. The molecule has 0 amide bonds. The minimum absolute atomic E-state index is 0.0625. The van der Waals surface area contributed by atoms with Gasteiger partial charge >= 0.3 is 11.9 Å². The highest BCUT2D eigenvalue weighted by molar-refractivity contribution is 5.89. The molecule has 0 aliphatic carbocycles. The first-order valence-electron chi connectivity index (χ1n) is 5.63. The lowest BCUT2D eigenvalue weighted by atomic mass is 10.1. The van der Waals surface area contributed by atoms with Crippen LogP contribution in [0.1, 0.15) is 15.9 Å². The number of hydrogen-bond donors (Lipinski definition) is 0. The molecule has 1 saturated heterocycles. The summed E-state index contributed by atoms with van der Waals surface area (Å²) in [5.41, 5.74) is 1.26. The normalized spacial score (nSPS) is 17.1. The molecule has 1 aliphatic rings.